The third-order valence-corrected chi connectivity index (χ3v) is 17.6. The maximum atomic E-state index is 14.7. The number of ether oxygens (including phenoxy) is 4. The van der Waals surface area contributed by atoms with Crippen molar-refractivity contribution in [3.63, 3.8) is 0 Å². The van der Waals surface area contributed by atoms with Crippen molar-refractivity contribution in [3.8, 4) is 11.5 Å². The topological polar surface area (TPSA) is 118 Å². The fourth-order valence-electron chi connectivity index (χ4n) is 10.6. The SMILES string of the molecule is Cc1ccc2c(c1)SC(OC(=O)C(=O)OC1(c3ccc(OCCCCCN(C)C4CCCCC4)cc3)Sc3cc(C)ccc3N(C)C1=O)(c1ccc(OCCCCCN(C)C3CCCCC3)cc1)C(=O)N2C. The summed E-state index contributed by atoms with van der Waals surface area (Å²) in [4.78, 5) is 63.6. The number of anilines is 2. The minimum Gasteiger partial charge on any atom is -0.494 e. The maximum absolute atomic E-state index is 14.7. The second-order valence-electron chi connectivity index (χ2n) is 20.3. The molecule has 0 N–H and O–H groups in total. The number of thioether (sulfide) groups is 2. The number of likely N-dealkylation sites (N-methyl/N-ethyl adjacent to an activating group) is 2. The van der Waals surface area contributed by atoms with Crippen molar-refractivity contribution in [3.05, 3.63) is 107 Å². The Morgan fingerprint density at radius 3 is 1.29 bits per heavy atom. The minimum absolute atomic E-state index is 0.333. The van der Waals surface area contributed by atoms with Crippen LogP contribution in [0.25, 0.3) is 0 Å². The highest BCUT2D eigenvalue weighted by Gasteiger charge is 2.56. The zero-order chi connectivity index (χ0) is 50.8. The monoisotopic (exact) mass is 1020 g/mol. The molecule has 2 atom stereocenters. The lowest BCUT2D eigenvalue weighted by Gasteiger charge is -2.41. The summed E-state index contributed by atoms with van der Waals surface area (Å²) in [5, 5.41) is 0. The van der Waals surface area contributed by atoms with Crippen molar-refractivity contribution in [2.24, 2.45) is 0 Å². The first-order chi connectivity index (χ1) is 34.8. The summed E-state index contributed by atoms with van der Waals surface area (Å²) >= 11 is 2.09. The van der Waals surface area contributed by atoms with Gasteiger partial charge in [0.1, 0.15) is 11.5 Å². The average Bonchev–Trinajstić information content (AvgIpc) is 3.39. The molecule has 72 heavy (non-hydrogen) atoms. The van der Waals surface area contributed by atoms with Gasteiger partial charge < -0.3 is 38.5 Å². The van der Waals surface area contributed by atoms with Crippen molar-refractivity contribution in [2.75, 3.05) is 64.3 Å². The van der Waals surface area contributed by atoms with Gasteiger partial charge in [0.25, 0.3) is 21.7 Å². The van der Waals surface area contributed by atoms with Crippen molar-refractivity contribution in [1.29, 1.82) is 0 Å². The number of hydrogen-bond donors (Lipinski definition) is 0. The van der Waals surface area contributed by atoms with Gasteiger partial charge in [-0.25, -0.2) is 9.59 Å². The fraction of sp³-hybridized carbons (Fsp3) is 0.517. The molecular weight excluding hydrogens is 945 g/mol. The first kappa shape index (κ1) is 53.3. The molecule has 4 aliphatic rings. The lowest BCUT2D eigenvalue weighted by Crippen LogP contribution is -2.52. The van der Waals surface area contributed by atoms with E-state index in [9.17, 15) is 19.2 Å². The number of carbonyl (C=O) groups is 4. The van der Waals surface area contributed by atoms with Gasteiger partial charge in [-0.15, -0.1) is 0 Å². The Kier molecular flexibility index (Phi) is 18.0. The molecule has 4 aromatic carbocycles. The van der Waals surface area contributed by atoms with E-state index in [1.807, 2.05) is 50.2 Å². The van der Waals surface area contributed by atoms with Gasteiger partial charge in [-0.2, -0.15) is 0 Å². The molecule has 0 saturated heterocycles. The zero-order valence-electron chi connectivity index (χ0n) is 43.3. The van der Waals surface area contributed by atoms with Crippen LogP contribution in [0, 0.1) is 13.8 Å². The van der Waals surface area contributed by atoms with E-state index in [2.05, 4.69) is 23.9 Å². The van der Waals surface area contributed by atoms with E-state index in [-0.39, 0.29) is 0 Å². The molecule has 14 heteroatoms. The van der Waals surface area contributed by atoms with E-state index in [1.165, 1.54) is 74.0 Å². The van der Waals surface area contributed by atoms with Crippen LogP contribution in [-0.2, 0) is 38.5 Å². The molecule has 8 rings (SSSR count). The van der Waals surface area contributed by atoms with Gasteiger partial charge in [-0.05, 0) is 189 Å². The van der Waals surface area contributed by atoms with Crippen molar-refractivity contribution < 1.29 is 38.1 Å². The largest absolute Gasteiger partial charge is 0.494 e. The number of nitrogens with zero attached hydrogens (tertiary/aromatic N) is 4. The lowest BCUT2D eigenvalue weighted by atomic mass is 9.94. The van der Waals surface area contributed by atoms with Crippen LogP contribution in [0.1, 0.15) is 125 Å². The Balaban J connectivity index is 0.972. The molecule has 2 fully saturated rings. The van der Waals surface area contributed by atoms with Crippen molar-refractivity contribution in [1.82, 2.24) is 9.80 Å². The molecule has 2 amide bonds. The van der Waals surface area contributed by atoms with Crippen molar-refractivity contribution >= 4 is 58.7 Å². The Morgan fingerprint density at radius 1 is 0.542 bits per heavy atom. The number of amides is 2. The number of unbranched alkanes of at least 4 members (excludes halogenated alkanes) is 4. The van der Waals surface area contributed by atoms with E-state index < -0.39 is 33.6 Å². The first-order valence-electron chi connectivity index (χ1n) is 26.3. The van der Waals surface area contributed by atoms with Crippen LogP contribution in [-0.4, -0.2) is 100 Å². The fourth-order valence-corrected chi connectivity index (χ4v) is 13.5. The highest BCUT2D eigenvalue weighted by atomic mass is 32.2. The van der Waals surface area contributed by atoms with Gasteiger partial charge in [0.15, 0.2) is 0 Å². The molecule has 0 bridgehead atoms. The Labute approximate surface area is 435 Å². The molecule has 2 aliphatic carbocycles. The average molecular weight is 1020 g/mol. The summed E-state index contributed by atoms with van der Waals surface area (Å²) < 4.78 is 24.7. The standard InChI is InChI=1S/C58H74N4O8S2/c1-41-23-33-49-51(39-41)71-57(55(65)61(49)5,43-25-29-47(30-26-43)67-37-17-9-15-35-59(3)45-19-11-7-12-20-45)69-53(63)54(64)70-58(56(66)62(6)50-34-24-42(2)40-52(50)72-58)44-27-31-48(32-28-44)68-38-18-10-16-36-60(4)46-21-13-8-14-22-46/h23-34,39-40,45-46H,7-22,35-38H2,1-6H3. The number of fused-ring (bicyclic) bond motifs is 2. The highest BCUT2D eigenvalue weighted by molar-refractivity contribution is 8.01. The van der Waals surface area contributed by atoms with Gasteiger partial charge in [-0.1, -0.05) is 74.2 Å². The van der Waals surface area contributed by atoms with E-state index in [0.29, 0.717) is 69.1 Å². The van der Waals surface area contributed by atoms with Crippen LogP contribution in [0.15, 0.2) is 94.7 Å². The predicted octanol–water partition coefficient (Wildman–Crippen LogP) is 11.6. The maximum Gasteiger partial charge on any atom is 0.419 e. The number of esters is 2. The minimum atomic E-state index is -2.03. The highest BCUT2D eigenvalue weighted by Crippen LogP contribution is 2.54. The van der Waals surface area contributed by atoms with Gasteiger partial charge in [0, 0.05) is 47.1 Å². The summed E-state index contributed by atoms with van der Waals surface area (Å²) in [6.07, 6.45) is 19.3. The Morgan fingerprint density at radius 2 is 0.917 bits per heavy atom. The summed E-state index contributed by atoms with van der Waals surface area (Å²) in [5.74, 6) is -2.77. The Hall–Kier alpha value is -5.02. The van der Waals surface area contributed by atoms with Crippen LogP contribution in [0.5, 0.6) is 11.5 Å². The third kappa shape index (κ3) is 12.3. The van der Waals surface area contributed by atoms with Crippen LogP contribution >= 0.6 is 23.5 Å². The molecule has 2 saturated carbocycles. The second kappa shape index (κ2) is 24.3. The van der Waals surface area contributed by atoms with E-state index in [0.717, 1.165) is 86.3 Å². The summed E-state index contributed by atoms with van der Waals surface area (Å²) in [6.45, 7) is 7.12. The zero-order valence-corrected chi connectivity index (χ0v) is 44.9. The van der Waals surface area contributed by atoms with E-state index in [1.54, 1.807) is 62.6 Å². The predicted molar refractivity (Wildman–Crippen MR) is 287 cm³/mol. The summed E-state index contributed by atoms with van der Waals surface area (Å²) in [6, 6.07) is 26.6. The number of hydrogen-bond acceptors (Lipinski definition) is 12. The molecular formula is C58H74N4O8S2. The quantitative estimate of drug-likeness (QED) is 0.0476. The third-order valence-electron chi connectivity index (χ3n) is 15.0. The lowest BCUT2D eigenvalue weighted by molar-refractivity contribution is -0.180. The smallest absolute Gasteiger partial charge is 0.419 e. The van der Waals surface area contributed by atoms with Gasteiger partial charge in [-0.3, -0.25) is 9.59 Å². The summed E-state index contributed by atoms with van der Waals surface area (Å²) in [7, 11) is 7.73. The molecule has 2 heterocycles. The van der Waals surface area contributed by atoms with Crippen molar-refractivity contribution in [2.45, 2.75) is 148 Å². The molecule has 4 aromatic rings. The van der Waals surface area contributed by atoms with Crippen LogP contribution in [0.3, 0.4) is 0 Å². The molecule has 386 valence electrons. The molecule has 0 radical (unpaired) electrons. The van der Waals surface area contributed by atoms with Gasteiger partial charge in [0.05, 0.1) is 24.6 Å². The number of aryl methyl sites for hydroxylation is 2. The van der Waals surface area contributed by atoms with Gasteiger partial charge in [0.2, 0.25) is 0 Å². The Bertz CT molecular complexity index is 2340. The first-order valence-corrected chi connectivity index (χ1v) is 27.9. The van der Waals surface area contributed by atoms with Crippen LogP contribution in [0.4, 0.5) is 11.4 Å². The molecule has 0 spiro atoms. The number of benzene rings is 4. The summed E-state index contributed by atoms with van der Waals surface area (Å²) in [5.41, 5.74) is 3.82. The molecule has 2 unspecified atom stereocenters. The normalized spacial score (nSPS) is 20.6. The number of carbonyl (C=O) groups excluding carboxylic acids is 4. The second-order valence-corrected chi connectivity index (χ2v) is 22.7. The number of rotatable bonds is 20. The van der Waals surface area contributed by atoms with Crippen LogP contribution in [0.2, 0.25) is 0 Å². The van der Waals surface area contributed by atoms with Gasteiger partial charge >= 0.3 is 11.9 Å². The van der Waals surface area contributed by atoms with Crippen LogP contribution < -0.4 is 19.3 Å². The molecule has 12 nitrogen and oxygen atoms in total. The van der Waals surface area contributed by atoms with E-state index >= 15 is 0 Å². The van der Waals surface area contributed by atoms with E-state index in [4.69, 9.17) is 18.9 Å². The molecule has 0 aromatic heterocycles. The molecule has 2 aliphatic heterocycles.